The van der Waals surface area contributed by atoms with E-state index < -0.39 is 12.8 Å². The van der Waals surface area contributed by atoms with Crippen molar-refractivity contribution in [3.8, 4) is 5.75 Å². The number of rotatable bonds is 3. The van der Waals surface area contributed by atoms with Gasteiger partial charge >= 0.3 is 6.18 Å². The highest BCUT2D eigenvalue weighted by Crippen LogP contribution is 2.35. The van der Waals surface area contributed by atoms with E-state index in [2.05, 4.69) is 25.7 Å². The van der Waals surface area contributed by atoms with Crippen LogP contribution in [-0.2, 0) is 4.79 Å². The van der Waals surface area contributed by atoms with E-state index in [0.29, 0.717) is 4.47 Å². The summed E-state index contributed by atoms with van der Waals surface area (Å²) >= 11 is 3.03. The summed E-state index contributed by atoms with van der Waals surface area (Å²) in [6.45, 7) is -1.44. The second-order valence-electron chi connectivity index (χ2n) is 2.69. The molecule has 0 N–H and O–H groups in total. The van der Waals surface area contributed by atoms with Gasteiger partial charge in [-0.25, -0.2) is 4.79 Å². The summed E-state index contributed by atoms with van der Waals surface area (Å²) < 4.78 is 40.6. The molecule has 0 saturated heterocycles. The van der Waals surface area contributed by atoms with Gasteiger partial charge < -0.3 is 4.74 Å². The first-order valence-corrected chi connectivity index (χ1v) is 4.79. The molecule has 0 atom stereocenters. The summed E-state index contributed by atoms with van der Waals surface area (Å²) in [6, 6.07) is 4.28. The number of aliphatic imine (C=N–C) groups is 1. The zero-order chi connectivity index (χ0) is 12.2. The number of nitrogens with zero attached hydrogens (tertiary/aromatic N) is 1. The van der Waals surface area contributed by atoms with Crippen molar-refractivity contribution in [2.75, 3.05) is 6.61 Å². The third-order valence-corrected chi connectivity index (χ3v) is 2.14. The minimum Gasteiger partial charge on any atom is -0.482 e. The normalized spacial score (nSPS) is 10.8. The maximum atomic E-state index is 11.9. The van der Waals surface area contributed by atoms with Gasteiger partial charge in [0.2, 0.25) is 6.08 Å². The minimum absolute atomic E-state index is 0.0123. The lowest BCUT2D eigenvalue weighted by Crippen LogP contribution is -2.19. The first-order valence-electron chi connectivity index (χ1n) is 4.00. The number of halogens is 4. The molecule has 0 radical (unpaired) electrons. The molecule has 1 aromatic carbocycles. The van der Waals surface area contributed by atoms with Gasteiger partial charge in [-0.2, -0.15) is 18.2 Å². The van der Waals surface area contributed by atoms with Gasteiger partial charge in [-0.3, -0.25) is 0 Å². The quantitative estimate of drug-likeness (QED) is 0.633. The van der Waals surface area contributed by atoms with Crippen molar-refractivity contribution < 1.29 is 22.7 Å². The number of isocyanates is 1. The average molecular weight is 296 g/mol. The fourth-order valence-electron chi connectivity index (χ4n) is 0.926. The first kappa shape index (κ1) is 12.7. The van der Waals surface area contributed by atoms with Crippen LogP contribution in [0.5, 0.6) is 5.75 Å². The molecule has 0 aliphatic heterocycles. The van der Waals surface area contributed by atoms with Crippen LogP contribution in [0.1, 0.15) is 0 Å². The highest BCUT2D eigenvalue weighted by molar-refractivity contribution is 9.10. The van der Waals surface area contributed by atoms with Crippen molar-refractivity contribution in [1.82, 2.24) is 0 Å². The maximum Gasteiger partial charge on any atom is 0.422 e. The molecule has 0 bridgehead atoms. The topological polar surface area (TPSA) is 38.7 Å². The zero-order valence-electron chi connectivity index (χ0n) is 7.71. The summed E-state index contributed by atoms with van der Waals surface area (Å²) in [5.41, 5.74) is -0.0123. The molecule has 0 aliphatic rings. The van der Waals surface area contributed by atoms with Crippen LogP contribution < -0.4 is 4.74 Å². The van der Waals surface area contributed by atoms with E-state index in [-0.39, 0.29) is 11.4 Å². The molecule has 0 unspecified atom stereocenters. The van der Waals surface area contributed by atoms with Crippen LogP contribution >= 0.6 is 15.9 Å². The lowest BCUT2D eigenvalue weighted by molar-refractivity contribution is -0.153. The van der Waals surface area contributed by atoms with Crippen molar-refractivity contribution in [2.45, 2.75) is 6.18 Å². The predicted molar refractivity (Wildman–Crippen MR) is 53.5 cm³/mol. The van der Waals surface area contributed by atoms with E-state index in [1.165, 1.54) is 24.3 Å². The maximum absolute atomic E-state index is 11.9. The van der Waals surface area contributed by atoms with Crippen molar-refractivity contribution in [3.63, 3.8) is 0 Å². The fraction of sp³-hybridized carbons (Fsp3) is 0.222. The molecular formula is C9H5BrF3NO2. The van der Waals surface area contributed by atoms with Gasteiger partial charge in [0.05, 0.1) is 0 Å². The molecule has 86 valence electrons. The second kappa shape index (κ2) is 5.14. The molecule has 7 heteroatoms. The summed E-state index contributed by atoms with van der Waals surface area (Å²) in [7, 11) is 0. The van der Waals surface area contributed by atoms with Crippen molar-refractivity contribution >= 4 is 27.7 Å². The van der Waals surface area contributed by atoms with Crippen LogP contribution in [0.4, 0.5) is 18.9 Å². The van der Waals surface area contributed by atoms with Crippen molar-refractivity contribution in [3.05, 3.63) is 22.7 Å². The summed E-state index contributed by atoms with van der Waals surface area (Å²) in [5.74, 6) is -0.130. The van der Waals surface area contributed by atoms with E-state index in [1.807, 2.05) is 0 Å². The zero-order valence-corrected chi connectivity index (χ0v) is 9.30. The third kappa shape index (κ3) is 3.67. The van der Waals surface area contributed by atoms with Gasteiger partial charge in [0.25, 0.3) is 0 Å². The largest absolute Gasteiger partial charge is 0.482 e. The molecule has 16 heavy (non-hydrogen) atoms. The molecule has 1 rings (SSSR count). The number of alkyl halides is 3. The number of hydrogen-bond donors (Lipinski definition) is 0. The van der Waals surface area contributed by atoms with Crippen molar-refractivity contribution in [1.29, 1.82) is 0 Å². The van der Waals surface area contributed by atoms with E-state index in [0.717, 1.165) is 0 Å². The number of benzene rings is 1. The lowest BCUT2D eigenvalue weighted by Gasteiger charge is -2.10. The number of carbonyl (C=O) groups excluding carboxylic acids is 1. The number of para-hydroxylation sites is 1. The Balaban J connectivity index is 2.95. The van der Waals surface area contributed by atoms with E-state index >= 15 is 0 Å². The van der Waals surface area contributed by atoms with Gasteiger partial charge in [-0.05, 0) is 28.1 Å². The fourth-order valence-corrected chi connectivity index (χ4v) is 1.36. The third-order valence-electron chi connectivity index (χ3n) is 1.50. The van der Waals surface area contributed by atoms with Crippen molar-refractivity contribution in [2.24, 2.45) is 4.99 Å². The van der Waals surface area contributed by atoms with Crippen LogP contribution in [0.3, 0.4) is 0 Å². The van der Waals surface area contributed by atoms with Crippen LogP contribution in [0, 0.1) is 0 Å². The molecule has 3 nitrogen and oxygen atoms in total. The van der Waals surface area contributed by atoms with Gasteiger partial charge in [0, 0.05) is 4.47 Å². The van der Waals surface area contributed by atoms with Crippen LogP contribution in [-0.4, -0.2) is 18.9 Å². The smallest absolute Gasteiger partial charge is 0.422 e. The molecule has 0 spiro atoms. The molecule has 0 saturated carbocycles. The summed E-state index contributed by atoms with van der Waals surface area (Å²) in [4.78, 5) is 13.4. The Hall–Kier alpha value is -1.33. The monoisotopic (exact) mass is 295 g/mol. The first-order chi connectivity index (χ1) is 7.44. The molecule has 1 aromatic rings. The molecule has 0 aliphatic carbocycles. The Morgan fingerprint density at radius 2 is 2.12 bits per heavy atom. The van der Waals surface area contributed by atoms with E-state index in [4.69, 9.17) is 0 Å². The summed E-state index contributed by atoms with van der Waals surface area (Å²) in [6.07, 6.45) is -3.19. The Morgan fingerprint density at radius 3 is 2.69 bits per heavy atom. The Kier molecular flexibility index (Phi) is 4.09. The minimum atomic E-state index is -4.44. The van der Waals surface area contributed by atoms with Crippen LogP contribution in [0.15, 0.2) is 27.7 Å². The van der Waals surface area contributed by atoms with Gasteiger partial charge in [-0.15, -0.1) is 0 Å². The van der Waals surface area contributed by atoms with Crippen LogP contribution in [0.25, 0.3) is 0 Å². The standard InChI is InChI=1S/C9H5BrF3NO2/c10-6-2-1-3-7(8(6)14-5-15)16-4-9(11,12)13/h1-3H,4H2. The highest BCUT2D eigenvalue weighted by Gasteiger charge is 2.29. The molecule has 0 heterocycles. The Bertz CT molecular complexity index is 427. The van der Waals surface area contributed by atoms with E-state index in [1.54, 1.807) is 0 Å². The Morgan fingerprint density at radius 1 is 1.44 bits per heavy atom. The SMILES string of the molecule is O=C=Nc1c(Br)cccc1OCC(F)(F)F. The average Bonchev–Trinajstić information content (AvgIpc) is 2.18. The van der Waals surface area contributed by atoms with Gasteiger partial charge in [-0.1, -0.05) is 6.07 Å². The number of hydrogen-bond acceptors (Lipinski definition) is 3. The number of ether oxygens (including phenoxy) is 1. The lowest BCUT2D eigenvalue weighted by atomic mass is 10.3. The molecule has 0 aromatic heterocycles. The molecule has 0 fully saturated rings. The predicted octanol–water partition coefficient (Wildman–Crippen LogP) is 3.36. The molecule has 0 amide bonds. The van der Waals surface area contributed by atoms with Gasteiger partial charge in [0.1, 0.15) is 11.4 Å². The second-order valence-corrected chi connectivity index (χ2v) is 3.55. The van der Waals surface area contributed by atoms with Gasteiger partial charge in [0.15, 0.2) is 6.61 Å². The van der Waals surface area contributed by atoms with E-state index in [9.17, 15) is 18.0 Å². The van der Waals surface area contributed by atoms with Crippen LogP contribution in [0.2, 0.25) is 0 Å². The highest BCUT2D eigenvalue weighted by atomic mass is 79.9. The molecular weight excluding hydrogens is 291 g/mol. The Labute approximate surface area is 97.1 Å². The summed E-state index contributed by atoms with van der Waals surface area (Å²) in [5, 5.41) is 0.